The minimum atomic E-state index is -0.350. The van der Waals surface area contributed by atoms with Crippen LogP contribution in [-0.4, -0.2) is 24.7 Å². The number of esters is 1. The largest absolute Gasteiger partial charge is 0.494 e. The summed E-state index contributed by atoms with van der Waals surface area (Å²) >= 11 is 0. The molecule has 0 fully saturated rings. The quantitative estimate of drug-likeness (QED) is 0.761. The minimum absolute atomic E-state index is 0.350. The van der Waals surface area contributed by atoms with E-state index in [1.54, 1.807) is 32.4 Å². The van der Waals surface area contributed by atoms with Crippen LogP contribution in [0.15, 0.2) is 30.5 Å². The molecule has 1 heterocycles. The van der Waals surface area contributed by atoms with Crippen LogP contribution in [0.25, 0.3) is 10.9 Å². The van der Waals surface area contributed by atoms with Gasteiger partial charge in [-0.3, -0.25) is 4.98 Å². The topological polar surface area (TPSA) is 48.4 Å². The van der Waals surface area contributed by atoms with E-state index in [0.717, 1.165) is 10.9 Å². The second kappa shape index (κ2) is 4.82. The Morgan fingerprint density at radius 2 is 2.24 bits per heavy atom. The number of pyridine rings is 1. The van der Waals surface area contributed by atoms with Crippen molar-refractivity contribution in [1.82, 2.24) is 4.98 Å². The van der Waals surface area contributed by atoms with Gasteiger partial charge >= 0.3 is 5.97 Å². The maximum absolute atomic E-state index is 11.7. The van der Waals surface area contributed by atoms with Gasteiger partial charge in [-0.25, -0.2) is 4.79 Å². The van der Waals surface area contributed by atoms with Crippen LogP contribution in [0, 0.1) is 0 Å². The Balaban J connectivity index is 2.56. The van der Waals surface area contributed by atoms with Gasteiger partial charge in [-0.15, -0.1) is 0 Å². The molecular weight excluding hydrogens is 218 g/mol. The number of carbonyl (C=O) groups excluding carboxylic acids is 1. The Bertz CT molecular complexity index is 551. The zero-order valence-corrected chi connectivity index (χ0v) is 9.77. The minimum Gasteiger partial charge on any atom is -0.494 e. The van der Waals surface area contributed by atoms with E-state index in [1.807, 2.05) is 12.1 Å². The monoisotopic (exact) mass is 231 g/mol. The van der Waals surface area contributed by atoms with E-state index in [9.17, 15) is 4.79 Å². The predicted octanol–water partition coefficient (Wildman–Crippen LogP) is 2.42. The molecule has 4 heteroatoms. The second-order valence-corrected chi connectivity index (χ2v) is 3.47. The smallest absolute Gasteiger partial charge is 0.338 e. The molecule has 0 aliphatic rings. The molecule has 0 aliphatic carbocycles. The van der Waals surface area contributed by atoms with Crippen molar-refractivity contribution in [3.8, 4) is 5.75 Å². The number of rotatable bonds is 3. The van der Waals surface area contributed by atoms with Crippen molar-refractivity contribution in [2.45, 2.75) is 6.92 Å². The highest BCUT2D eigenvalue weighted by molar-refractivity contribution is 5.96. The van der Waals surface area contributed by atoms with Crippen molar-refractivity contribution in [2.24, 2.45) is 0 Å². The van der Waals surface area contributed by atoms with E-state index < -0.39 is 0 Å². The summed E-state index contributed by atoms with van der Waals surface area (Å²) in [5.41, 5.74) is 1.22. The Morgan fingerprint density at radius 3 is 2.94 bits per heavy atom. The molecule has 4 nitrogen and oxygen atoms in total. The van der Waals surface area contributed by atoms with Gasteiger partial charge in [-0.05, 0) is 25.1 Å². The zero-order chi connectivity index (χ0) is 12.3. The van der Waals surface area contributed by atoms with Crippen molar-refractivity contribution in [1.29, 1.82) is 0 Å². The fraction of sp³-hybridized carbons (Fsp3) is 0.231. The first-order chi connectivity index (χ1) is 8.26. The molecule has 0 saturated carbocycles. The molecule has 0 spiro atoms. The van der Waals surface area contributed by atoms with E-state index in [0.29, 0.717) is 17.9 Å². The highest BCUT2D eigenvalue weighted by atomic mass is 16.5. The third-order valence-corrected chi connectivity index (χ3v) is 2.40. The molecule has 88 valence electrons. The van der Waals surface area contributed by atoms with Gasteiger partial charge < -0.3 is 9.47 Å². The molecule has 0 aliphatic heterocycles. The summed E-state index contributed by atoms with van der Waals surface area (Å²) < 4.78 is 10.2. The van der Waals surface area contributed by atoms with Gasteiger partial charge in [0.2, 0.25) is 0 Å². The molecule has 1 aromatic heterocycles. The van der Waals surface area contributed by atoms with Crippen LogP contribution in [0.3, 0.4) is 0 Å². The lowest BCUT2D eigenvalue weighted by atomic mass is 10.1. The summed E-state index contributed by atoms with van der Waals surface area (Å²) in [4.78, 5) is 15.9. The predicted molar refractivity (Wildman–Crippen MR) is 64.3 cm³/mol. The average molecular weight is 231 g/mol. The number of hydrogen-bond acceptors (Lipinski definition) is 4. The molecule has 1 aromatic carbocycles. The Hall–Kier alpha value is -2.10. The summed E-state index contributed by atoms with van der Waals surface area (Å²) in [6.07, 6.45) is 1.69. The molecule has 0 atom stereocenters. The molecule has 17 heavy (non-hydrogen) atoms. The summed E-state index contributed by atoms with van der Waals surface area (Å²) in [6, 6.07) is 7.10. The van der Waals surface area contributed by atoms with Crippen LogP contribution < -0.4 is 4.74 Å². The third-order valence-electron chi connectivity index (χ3n) is 2.40. The first kappa shape index (κ1) is 11.4. The number of hydrogen-bond donors (Lipinski definition) is 0. The van der Waals surface area contributed by atoms with Crippen LogP contribution >= 0.6 is 0 Å². The molecule has 0 radical (unpaired) electrons. The van der Waals surface area contributed by atoms with Crippen LogP contribution in [0.1, 0.15) is 17.3 Å². The average Bonchev–Trinajstić information content (AvgIpc) is 2.37. The van der Waals surface area contributed by atoms with Crippen LogP contribution in [0.4, 0.5) is 0 Å². The normalized spacial score (nSPS) is 10.2. The molecule has 0 amide bonds. The van der Waals surface area contributed by atoms with Crippen molar-refractivity contribution in [3.63, 3.8) is 0 Å². The SMILES string of the molecule is CCOC(=O)c1cc(OC)c2ncccc2c1. The third kappa shape index (κ3) is 2.20. The number of nitrogens with zero attached hydrogens (tertiary/aromatic N) is 1. The Morgan fingerprint density at radius 1 is 1.41 bits per heavy atom. The van der Waals surface area contributed by atoms with Crippen LogP contribution in [0.2, 0.25) is 0 Å². The molecule has 2 rings (SSSR count). The van der Waals surface area contributed by atoms with E-state index in [4.69, 9.17) is 9.47 Å². The summed E-state index contributed by atoms with van der Waals surface area (Å²) in [6.45, 7) is 2.13. The number of methoxy groups -OCH3 is 1. The van der Waals surface area contributed by atoms with Gasteiger partial charge in [0.25, 0.3) is 0 Å². The van der Waals surface area contributed by atoms with Gasteiger partial charge in [-0.2, -0.15) is 0 Å². The summed E-state index contributed by atoms with van der Waals surface area (Å²) in [7, 11) is 1.55. The highest BCUT2D eigenvalue weighted by Crippen LogP contribution is 2.25. The van der Waals surface area contributed by atoms with Crippen molar-refractivity contribution in [3.05, 3.63) is 36.0 Å². The fourth-order valence-electron chi connectivity index (χ4n) is 1.65. The Labute approximate surface area is 99.2 Å². The summed E-state index contributed by atoms with van der Waals surface area (Å²) in [5.74, 6) is 0.225. The molecule has 0 saturated heterocycles. The first-order valence-electron chi connectivity index (χ1n) is 5.36. The number of fused-ring (bicyclic) bond motifs is 1. The molecule has 0 unspecified atom stereocenters. The maximum Gasteiger partial charge on any atom is 0.338 e. The van der Waals surface area contributed by atoms with E-state index in [1.165, 1.54) is 0 Å². The number of benzene rings is 1. The van der Waals surface area contributed by atoms with E-state index in [2.05, 4.69) is 4.98 Å². The lowest BCUT2D eigenvalue weighted by Gasteiger charge is -2.07. The fourth-order valence-corrected chi connectivity index (χ4v) is 1.65. The maximum atomic E-state index is 11.7. The number of aromatic nitrogens is 1. The van der Waals surface area contributed by atoms with E-state index in [-0.39, 0.29) is 5.97 Å². The number of carbonyl (C=O) groups is 1. The lowest BCUT2D eigenvalue weighted by Crippen LogP contribution is -2.05. The Kier molecular flexibility index (Phi) is 3.23. The molecule has 0 N–H and O–H groups in total. The van der Waals surface area contributed by atoms with Gasteiger partial charge in [-0.1, -0.05) is 6.07 Å². The van der Waals surface area contributed by atoms with Crippen molar-refractivity contribution < 1.29 is 14.3 Å². The highest BCUT2D eigenvalue weighted by Gasteiger charge is 2.11. The zero-order valence-electron chi connectivity index (χ0n) is 9.77. The number of ether oxygens (including phenoxy) is 2. The van der Waals surface area contributed by atoms with Gasteiger partial charge in [0, 0.05) is 11.6 Å². The van der Waals surface area contributed by atoms with Crippen molar-refractivity contribution >= 4 is 16.9 Å². The molecule has 0 bridgehead atoms. The van der Waals surface area contributed by atoms with Crippen LogP contribution in [0.5, 0.6) is 5.75 Å². The molecule has 2 aromatic rings. The second-order valence-electron chi connectivity index (χ2n) is 3.47. The van der Waals surface area contributed by atoms with E-state index >= 15 is 0 Å². The van der Waals surface area contributed by atoms with Gasteiger partial charge in [0.05, 0.1) is 19.3 Å². The van der Waals surface area contributed by atoms with Gasteiger partial charge in [0.15, 0.2) is 0 Å². The standard InChI is InChI=1S/C13H13NO3/c1-3-17-13(15)10-7-9-5-4-6-14-12(9)11(8-10)16-2/h4-8H,3H2,1-2H3. The lowest BCUT2D eigenvalue weighted by molar-refractivity contribution is 0.0526. The first-order valence-corrected chi connectivity index (χ1v) is 5.36. The van der Waals surface area contributed by atoms with Crippen molar-refractivity contribution in [2.75, 3.05) is 13.7 Å². The van der Waals surface area contributed by atoms with Gasteiger partial charge in [0.1, 0.15) is 11.3 Å². The summed E-state index contributed by atoms with van der Waals surface area (Å²) in [5, 5.41) is 0.856. The molecular formula is C13H13NO3. The van der Waals surface area contributed by atoms with Crippen LogP contribution in [-0.2, 0) is 4.74 Å².